The van der Waals surface area contributed by atoms with Crippen LogP contribution < -0.4 is 0 Å². The molecular weight excluding hydrogens is 307 g/mol. The summed E-state index contributed by atoms with van der Waals surface area (Å²) in [5.74, 6) is 0.669. The van der Waals surface area contributed by atoms with Gasteiger partial charge < -0.3 is 4.42 Å². The van der Waals surface area contributed by atoms with Gasteiger partial charge in [0.2, 0.25) is 5.89 Å². The summed E-state index contributed by atoms with van der Waals surface area (Å²) in [5, 5.41) is 8.15. The topological polar surface area (TPSA) is 55.1 Å². The fourth-order valence-corrected chi connectivity index (χ4v) is 3.07. The number of nitrogens with zero attached hydrogens (tertiary/aromatic N) is 4. The summed E-state index contributed by atoms with van der Waals surface area (Å²) in [4.78, 5) is 6.49. The highest BCUT2D eigenvalue weighted by Gasteiger charge is 2.28. The maximum Gasteiger partial charge on any atom is 0.250 e. The molecule has 1 saturated heterocycles. The molecule has 3 heterocycles. The Morgan fingerprint density at radius 1 is 1.17 bits per heavy atom. The Morgan fingerprint density at radius 2 is 2.08 bits per heavy atom. The van der Waals surface area contributed by atoms with E-state index in [1.54, 1.807) is 24.4 Å². The van der Waals surface area contributed by atoms with Gasteiger partial charge in [-0.05, 0) is 36.7 Å². The molecule has 4 rings (SSSR count). The molecule has 2 aromatic heterocycles. The molecule has 24 heavy (non-hydrogen) atoms. The molecule has 1 aliphatic heterocycles. The van der Waals surface area contributed by atoms with E-state index in [9.17, 15) is 4.39 Å². The first-order valence-corrected chi connectivity index (χ1v) is 7.99. The zero-order valence-electron chi connectivity index (χ0n) is 13.1. The van der Waals surface area contributed by atoms with E-state index in [-0.39, 0.29) is 17.6 Å². The largest absolute Gasteiger partial charge is 0.420 e. The number of rotatable bonds is 4. The van der Waals surface area contributed by atoms with Gasteiger partial charge in [-0.15, -0.1) is 10.2 Å². The Kier molecular flexibility index (Phi) is 4.04. The summed E-state index contributed by atoms with van der Waals surface area (Å²) in [7, 11) is 0. The summed E-state index contributed by atoms with van der Waals surface area (Å²) in [6, 6.07) is 10.5. The third-order valence-electron chi connectivity index (χ3n) is 4.30. The fourth-order valence-electron chi connectivity index (χ4n) is 3.07. The van der Waals surface area contributed by atoms with Gasteiger partial charge in [-0.25, -0.2) is 4.39 Å². The highest BCUT2D eigenvalue weighted by molar-refractivity contribution is 5.53. The van der Waals surface area contributed by atoms with E-state index in [0.717, 1.165) is 26.1 Å². The van der Waals surface area contributed by atoms with Gasteiger partial charge in [0.25, 0.3) is 5.89 Å². The SMILES string of the molecule is Fc1ccccc1-c1nnc([C@H]2CCN(Cc3cccnc3)C2)o1. The van der Waals surface area contributed by atoms with E-state index in [4.69, 9.17) is 4.42 Å². The van der Waals surface area contributed by atoms with E-state index >= 15 is 0 Å². The van der Waals surface area contributed by atoms with Crippen LogP contribution in [0.3, 0.4) is 0 Å². The first-order valence-electron chi connectivity index (χ1n) is 7.99. The Labute approximate surface area is 139 Å². The number of hydrogen-bond donors (Lipinski definition) is 0. The van der Waals surface area contributed by atoms with E-state index in [0.29, 0.717) is 11.5 Å². The molecule has 1 aromatic carbocycles. The smallest absolute Gasteiger partial charge is 0.250 e. The van der Waals surface area contributed by atoms with Gasteiger partial charge in [-0.1, -0.05) is 18.2 Å². The summed E-state index contributed by atoms with van der Waals surface area (Å²) < 4.78 is 19.6. The molecule has 1 atom stereocenters. The Hall–Kier alpha value is -2.60. The molecule has 0 amide bonds. The van der Waals surface area contributed by atoms with Crippen LogP contribution in [0.25, 0.3) is 11.5 Å². The van der Waals surface area contributed by atoms with Crippen LogP contribution in [0, 0.1) is 5.82 Å². The Balaban J connectivity index is 1.45. The van der Waals surface area contributed by atoms with Crippen molar-refractivity contribution in [2.75, 3.05) is 13.1 Å². The molecule has 0 spiro atoms. The first-order chi connectivity index (χ1) is 11.8. The molecule has 3 aromatic rings. The number of hydrogen-bond acceptors (Lipinski definition) is 5. The molecule has 6 heteroatoms. The van der Waals surface area contributed by atoms with Crippen molar-refractivity contribution >= 4 is 0 Å². The van der Waals surface area contributed by atoms with E-state index in [1.807, 2.05) is 12.3 Å². The molecule has 1 aliphatic rings. The lowest BCUT2D eigenvalue weighted by atomic mass is 10.1. The van der Waals surface area contributed by atoms with Crippen LogP contribution in [0.4, 0.5) is 4.39 Å². The van der Waals surface area contributed by atoms with Crippen LogP contribution in [-0.2, 0) is 6.54 Å². The minimum atomic E-state index is -0.350. The second kappa shape index (κ2) is 6.49. The first kappa shape index (κ1) is 15.0. The summed E-state index contributed by atoms with van der Waals surface area (Å²) in [6.07, 6.45) is 4.62. The highest BCUT2D eigenvalue weighted by atomic mass is 19.1. The van der Waals surface area contributed by atoms with Gasteiger partial charge in [0, 0.05) is 25.5 Å². The molecular formula is C18H17FN4O. The van der Waals surface area contributed by atoms with Crippen LogP contribution in [0.2, 0.25) is 0 Å². The minimum Gasteiger partial charge on any atom is -0.420 e. The van der Waals surface area contributed by atoms with Gasteiger partial charge in [0.15, 0.2) is 0 Å². The fraction of sp³-hybridized carbons (Fsp3) is 0.278. The Morgan fingerprint density at radius 3 is 2.92 bits per heavy atom. The van der Waals surface area contributed by atoms with Crippen LogP contribution >= 0.6 is 0 Å². The molecule has 0 bridgehead atoms. The van der Waals surface area contributed by atoms with Crippen LogP contribution in [0.1, 0.15) is 23.8 Å². The molecule has 0 radical (unpaired) electrons. The normalized spacial score (nSPS) is 18.1. The van der Waals surface area contributed by atoms with E-state index < -0.39 is 0 Å². The average molecular weight is 324 g/mol. The third-order valence-corrected chi connectivity index (χ3v) is 4.30. The van der Waals surface area contributed by atoms with Gasteiger partial charge in [0.1, 0.15) is 5.82 Å². The number of pyridine rings is 1. The predicted octanol–water partition coefficient (Wildman–Crippen LogP) is 3.26. The van der Waals surface area contributed by atoms with Crippen LogP contribution in [0.15, 0.2) is 53.2 Å². The second-order valence-electron chi connectivity index (χ2n) is 6.01. The lowest BCUT2D eigenvalue weighted by molar-refractivity contribution is 0.320. The number of benzene rings is 1. The molecule has 0 saturated carbocycles. The molecule has 1 fully saturated rings. The minimum absolute atomic E-state index is 0.190. The van der Waals surface area contributed by atoms with Crippen molar-refractivity contribution in [1.82, 2.24) is 20.1 Å². The molecule has 0 unspecified atom stereocenters. The quantitative estimate of drug-likeness (QED) is 0.737. The number of aromatic nitrogens is 3. The predicted molar refractivity (Wildman–Crippen MR) is 86.6 cm³/mol. The maximum atomic E-state index is 13.8. The average Bonchev–Trinajstić information content (AvgIpc) is 3.25. The lowest BCUT2D eigenvalue weighted by Crippen LogP contribution is -2.19. The third kappa shape index (κ3) is 3.05. The van der Waals surface area contributed by atoms with Crippen LogP contribution in [-0.4, -0.2) is 33.2 Å². The molecule has 5 nitrogen and oxygen atoms in total. The second-order valence-corrected chi connectivity index (χ2v) is 6.01. The van der Waals surface area contributed by atoms with Crippen molar-refractivity contribution in [2.45, 2.75) is 18.9 Å². The summed E-state index contributed by atoms with van der Waals surface area (Å²) in [5.41, 5.74) is 1.54. The van der Waals surface area contributed by atoms with Gasteiger partial charge in [-0.2, -0.15) is 0 Å². The number of halogens is 1. The van der Waals surface area contributed by atoms with Crippen molar-refractivity contribution in [3.63, 3.8) is 0 Å². The molecule has 122 valence electrons. The van der Waals surface area contributed by atoms with E-state index in [2.05, 4.69) is 26.1 Å². The van der Waals surface area contributed by atoms with Gasteiger partial charge >= 0.3 is 0 Å². The van der Waals surface area contributed by atoms with Crippen molar-refractivity contribution in [1.29, 1.82) is 0 Å². The standard InChI is InChI=1S/C18H17FN4O/c19-16-6-2-1-5-15(16)18-22-21-17(24-18)14-7-9-23(12-14)11-13-4-3-8-20-10-13/h1-6,8,10,14H,7,9,11-12H2/t14-/m0/s1. The summed E-state index contributed by atoms with van der Waals surface area (Å²) in [6.45, 7) is 2.68. The zero-order chi connectivity index (χ0) is 16.4. The van der Waals surface area contributed by atoms with Crippen LogP contribution in [0.5, 0.6) is 0 Å². The molecule has 0 aliphatic carbocycles. The van der Waals surface area contributed by atoms with Crippen molar-refractivity contribution < 1.29 is 8.81 Å². The highest BCUT2D eigenvalue weighted by Crippen LogP contribution is 2.30. The Bertz CT molecular complexity index is 821. The number of likely N-dealkylation sites (tertiary alicyclic amines) is 1. The van der Waals surface area contributed by atoms with E-state index in [1.165, 1.54) is 11.6 Å². The monoisotopic (exact) mass is 324 g/mol. The van der Waals surface area contributed by atoms with Gasteiger partial charge in [-0.3, -0.25) is 9.88 Å². The lowest BCUT2D eigenvalue weighted by Gasteiger charge is -2.14. The van der Waals surface area contributed by atoms with Gasteiger partial charge in [0.05, 0.1) is 11.5 Å². The molecule has 0 N–H and O–H groups in total. The van der Waals surface area contributed by atoms with Crippen molar-refractivity contribution in [2.24, 2.45) is 0 Å². The maximum absolute atomic E-state index is 13.8. The summed E-state index contributed by atoms with van der Waals surface area (Å²) >= 11 is 0. The van der Waals surface area contributed by atoms with Crippen molar-refractivity contribution in [3.8, 4) is 11.5 Å². The zero-order valence-corrected chi connectivity index (χ0v) is 13.1. The van der Waals surface area contributed by atoms with Crippen molar-refractivity contribution in [3.05, 3.63) is 66.1 Å².